The third kappa shape index (κ3) is 3.40. The summed E-state index contributed by atoms with van der Waals surface area (Å²) in [6.07, 6.45) is 0. The summed E-state index contributed by atoms with van der Waals surface area (Å²) in [5.41, 5.74) is 3.34. The number of hydrogen-bond acceptors (Lipinski definition) is 3. The topological polar surface area (TPSA) is 45.1 Å². The molecule has 1 N–H and O–H groups in total. The number of fused-ring (bicyclic) bond motifs is 1. The van der Waals surface area contributed by atoms with Gasteiger partial charge >= 0.3 is 5.91 Å². The molecular weight excluding hydrogens is 357 g/mol. The van der Waals surface area contributed by atoms with Crippen LogP contribution in [0.1, 0.15) is 35.7 Å². The molecule has 2 aromatic carbocycles. The predicted octanol–water partition coefficient (Wildman–Crippen LogP) is 1.84. The van der Waals surface area contributed by atoms with E-state index in [1.54, 1.807) is 17.0 Å². The monoisotopic (exact) mass is 382 g/mol. The molecule has 2 aliphatic heterocycles. The third-order valence-corrected chi connectivity index (χ3v) is 5.71. The van der Waals surface area contributed by atoms with Crippen molar-refractivity contribution >= 4 is 23.1 Å². The Morgan fingerprint density at radius 2 is 1.71 bits per heavy atom. The molecule has 0 saturated carbocycles. The number of ketones is 1. The highest BCUT2D eigenvalue weighted by Gasteiger charge is 2.38. The molecule has 0 aromatic heterocycles. The van der Waals surface area contributed by atoms with Crippen molar-refractivity contribution in [3.05, 3.63) is 59.4 Å². The van der Waals surface area contributed by atoms with E-state index in [1.165, 1.54) is 17.0 Å². The van der Waals surface area contributed by atoms with Gasteiger partial charge in [-0.15, -0.1) is 0 Å². The van der Waals surface area contributed by atoms with Crippen LogP contribution in [0.2, 0.25) is 0 Å². The fourth-order valence-electron chi connectivity index (χ4n) is 3.95. The lowest BCUT2D eigenvalue weighted by Gasteiger charge is -2.35. The number of halogens is 1. The van der Waals surface area contributed by atoms with Crippen LogP contribution in [0.4, 0.5) is 15.8 Å². The number of rotatable bonds is 4. The first kappa shape index (κ1) is 18.6. The van der Waals surface area contributed by atoms with Crippen LogP contribution in [0.15, 0.2) is 42.5 Å². The Morgan fingerprint density at radius 1 is 1.04 bits per heavy atom. The maximum absolute atomic E-state index is 13.1. The molecule has 0 atom stereocenters. The van der Waals surface area contributed by atoms with E-state index in [9.17, 15) is 14.0 Å². The molecule has 5 nitrogen and oxygen atoms in total. The first-order chi connectivity index (χ1) is 13.4. The fraction of sp³-hybridized carbons (Fsp3) is 0.364. The molecule has 1 saturated heterocycles. The minimum absolute atomic E-state index is 0.232. The summed E-state index contributed by atoms with van der Waals surface area (Å²) in [4.78, 5) is 30.1. The zero-order chi connectivity index (χ0) is 19.8. The summed E-state index contributed by atoms with van der Waals surface area (Å²) < 4.78 is 13.1. The molecule has 2 heterocycles. The maximum Gasteiger partial charge on any atom is 0.303 e. The molecule has 28 heavy (non-hydrogen) atoms. The number of nitrogens with one attached hydrogen (secondary N) is 1. The highest BCUT2D eigenvalue weighted by Crippen LogP contribution is 2.31. The second-order valence-electron chi connectivity index (χ2n) is 7.87. The average molecular weight is 382 g/mol. The van der Waals surface area contributed by atoms with Crippen LogP contribution in [0, 0.1) is 5.82 Å². The van der Waals surface area contributed by atoms with Gasteiger partial charge in [0.2, 0.25) is 0 Å². The van der Waals surface area contributed by atoms with Crippen LogP contribution in [-0.4, -0.2) is 44.5 Å². The molecule has 146 valence electrons. The number of benzene rings is 2. The third-order valence-electron chi connectivity index (χ3n) is 5.71. The van der Waals surface area contributed by atoms with Gasteiger partial charge in [0.15, 0.2) is 6.67 Å². The van der Waals surface area contributed by atoms with Crippen molar-refractivity contribution in [3.63, 3.8) is 0 Å². The van der Waals surface area contributed by atoms with Gasteiger partial charge in [0.25, 0.3) is 5.78 Å². The van der Waals surface area contributed by atoms with Crippen molar-refractivity contribution in [2.45, 2.75) is 19.8 Å². The smallest absolute Gasteiger partial charge is 0.303 e. The van der Waals surface area contributed by atoms with Crippen molar-refractivity contribution in [2.75, 3.05) is 42.6 Å². The number of nitrogens with zero attached hydrogens (tertiary/aromatic N) is 2. The normalized spacial score (nSPS) is 17.6. The number of Topliss-reactive ketones (excluding diaryl/α,β-unsaturated/α-hetero) is 1. The van der Waals surface area contributed by atoms with E-state index in [0.29, 0.717) is 18.2 Å². The minimum Gasteiger partial charge on any atom is -0.360 e. The van der Waals surface area contributed by atoms with Gasteiger partial charge in [-0.25, -0.2) is 4.39 Å². The Morgan fingerprint density at radius 3 is 2.36 bits per heavy atom. The molecule has 0 unspecified atom stereocenters. The van der Waals surface area contributed by atoms with Crippen molar-refractivity contribution in [3.8, 4) is 0 Å². The first-order valence-corrected chi connectivity index (χ1v) is 9.78. The lowest BCUT2D eigenvalue weighted by Crippen LogP contribution is -3.16. The number of carbonyl (C=O) groups excluding carboxylic acids is 2. The van der Waals surface area contributed by atoms with Gasteiger partial charge < -0.3 is 9.80 Å². The van der Waals surface area contributed by atoms with Crippen LogP contribution in [0.5, 0.6) is 0 Å². The molecular formula is C22H25FN3O2+. The lowest BCUT2D eigenvalue weighted by molar-refractivity contribution is -0.899. The second kappa shape index (κ2) is 7.36. The van der Waals surface area contributed by atoms with Gasteiger partial charge in [0.05, 0.1) is 37.4 Å². The predicted molar refractivity (Wildman–Crippen MR) is 107 cm³/mol. The van der Waals surface area contributed by atoms with Crippen molar-refractivity contribution in [2.24, 2.45) is 0 Å². The SMILES string of the molecule is CC(C)c1ccc2c(c1)C(=O)C(=O)N2C[NH+]1CCN(c2ccc(F)cc2)CC1. The van der Waals surface area contributed by atoms with Crippen molar-refractivity contribution in [1.82, 2.24) is 0 Å². The quantitative estimate of drug-likeness (QED) is 0.821. The summed E-state index contributed by atoms with van der Waals surface area (Å²) in [5, 5.41) is 0. The summed E-state index contributed by atoms with van der Waals surface area (Å²) >= 11 is 0. The van der Waals surface area contributed by atoms with Crippen molar-refractivity contribution < 1.29 is 18.9 Å². The molecule has 0 radical (unpaired) electrons. The summed E-state index contributed by atoms with van der Waals surface area (Å²) in [5.74, 6) is -0.747. The largest absolute Gasteiger partial charge is 0.360 e. The van der Waals surface area contributed by atoms with Gasteiger partial charge in [0, 0.05) is 5.69 Å². The van der Waals surface area contributed by atoms with E-state index in [0.717, 1.165) is 43.1 Å². The second-order valence-corrected chi connectivity index (χ2v) is 7.87. The summed E-state index contributed by atoms with van der Waals surface area (Å²) in [6.45, 7) is 8.02. The van der Waals surface area contributed by atoms with Crippen LogP contribution in [0.25, 0.3) is 0 Å². The van der Waals surface area contributed by atoms with Gasteiger partial charge in [-0.05, 0) is 47.9 Å². The lowest BCUT2D eigenvalue weighted by atomic mass is 9.99. The number of piperazine rings is 1. The molecule has 2 aliphatic rings. The van der Waals surface area contributed by atoms with Gasteiger partial charge in [-0.1, -0.05) is 19.9 Å². The zero-order valence-electron chi connectivity index (χ0n) is 16.2. The standard InChI is InChI=1S/C22H24FN3O2/c1-15(2)16-3-8-20-19(13-16)21(27)22(28)26(20)14-24-9-11-25(12-10-24)18-6-4-17(23)5-7-18/h3-8,13,15H,9-12,14H2,1-2H3/p+1. The molecule has 4 rings (SSSR count). The fourth-order valence-corrected chi connectivity index (χ4v) is 3.95. The van der Waals surface area contributed by atoms with Crippen LogP contribution >= 0.6 is 0 Å². The highest BCUT2D eigenvalue weighted by atomic mass is 19.1. The Bertz CT molecular complexity index is 902. The Kier molecular flexibility index (Phi) is 4.89. The number of anilines is 2. The van der Waals surface area contributed by atoms with E-state index in [2.05, 4.69) is 18.7 Å². The maximum atomic E-state index is 13.1. The zero-order valence-corrected chi connectivity index (χ0v) is 16.2. The van der Waals surface area contributed by atoms with E-state index in [-0.39, 0.29) is 5.82 Å². The molecule has 6 heteroatoms. The number of hydrogen-bond donors (Lipinski definition) is 1. The number of amides is 1. The molecule has 1 fully saturated rings. The first-order valence-electron chi connectivity index (χ1n) is 9.78. The van der Waals surface area contributed by atoms with Gasteiger partial charge in [-0.3, -0.25) is 14.5 Å². The number of carbonyl (C=O) groups is 2. The van der Waals surface area contributed by atoms with Gasteiger partial charge in [-0.2, -0.15) is 0 Å². The molecule has 0 bridgehead atoms. The minimum atomic E-state index is -0.427. The number of quaternary nitrogens is 1. The average Bonchev–Trinajstić information content (AvgIpc) is 2.94. The molecule has 0 spiro atoms. The van der Waals surface area contributed by atoms with E-state index in [4.69, 9.17) is 0 Å². The molecule has 1 amide bonds. The van der Waals surface area contributed by atoms with E-state index >= 15 is 0 Å². The Hall–Kier alpha value is -2.73. The Labute approximate surface area is 164 Å². The summed E-state index contributed by atoms with van der Waals surface area (Å²) in [6, 6.07) is 12.3. The van der Waals surface area contributed by atoms with Gasteiger partial charge in [0.1, 0.15) is 5.82 Å². The van der Waals surface area contributed by atoms with Crippen molar-refractivity contribution in [1.29, 1.82) is 0 Å². The summed E-state index contributed by atoms with van der Waals surface area (Å²) in [7, 11) is 0. The molecule has 2 aromatic rings. The van der Waals surface area contributed by atoms with E-state index in [1.807, 2.05) is 18.2 Å². The van der Waals surface area contributed by atoms with Crippen LogP contribution in [-0.2, 0) is 4.79 Å². The van der Waals surface area contributed by atoms with Crippen LogP contribution < -0.4 is 14.7 Å². The highest BCUT2D eigenvalue weighted by molar-refractivity contribution is 6.52. The Balaban J connectivity index is 1.44. The van der Waals surface area contributed by atoms with E-state index < -0.39 is 11.7 Å². The van der Waals surface area contributed by atoms with Crippen LogP contribution in [0.3, 0.4) is 0 Å². The molecule has 0 aliphatic carbocycles.